The monoisotopic (exact) mass is 480 g/mol. The average Bonchev–Trinajstić information content (AvgIpc) is 3.36. The highest BCUT2D eigenvalue weighted by Gasteiger charge is 2.25. The number of aromatic hydroxyl groups is 1. The van der Waals surface area contributed by atoms with Crippen molar-refractivity contribution in [2.45, 2.75) is 45.4 Å². The van der Waals surface area contributed by atoms with Gasteiger partial charge in [0.15, 0.2) is 5.82 Å². The van der Waals surface area contributed by atoms with Gasteiger partial charge in [-0.2, -0.15) is 0 Å². The Kier molecular flexibility index (Phi) is 7.57. The summed E-state index contributed by atoms with van der Waals surface area (Å²) in [5, 5.41) is 11.4. The second-order valence-electron chi connectivity index (χ2n) is 9.47. The number of aryl methyl sites for hydroxylation is 1. The van der Waals surface area contributed by atoms with Crippen LogP contribution in [0, 0.1) is 12.8 Å². The molecule has 1 N–H and O–H groups in total. The smallest absolute Gasteiger partial charge is 0.222 e. The number of hydrogen-bond donors (Lipinski definition) is 1. The molecular formula is C27H33ClN4O2. The lowest BCUT2D eigenvalue weighted by Crippen LogP contribution is -2.49. The highest BCUT2D eigenvalue weighted by molar-refractivity contribution is 5.92. The molecule has 1 aromatic heterocycles. The summed E-state index contributed by atoms with van der Waals surface area (Å²) in [6.07, 6.45) is 6.96. The van der Waals surface area contributed by atoms with Gasteiger partial charge in [0.2, 0.25) is 5.91 Å². The van der Waals surface area contributed by atoms with Crippen LogP contribution in [0.5, 0.6) is 5.75 Å². The van der Waals surface area contributed by atoms with E-state index in [1.807, 2.05) is 17.0 Å². The second kappa shape index (κ2) is 10.6. The Labute approximate surface area is 207 Å². The molecule has 0 unspecified atom stereocenters. The van der Waals surface area contributed by atoms with Gasteiger partial charge in [-0.15, -0.1) is 12.4 Å². The highest BCUT2D eigenvalue weighted by atomic mass is 35.5. The quantitative estimate of drug-likeness (QED) is 0.533. The lowest BCUT2D eigenvalue weighted by molar-refractivity contribution is -0.131. The lowest BCUT2D eigenvalue weighted by Gasteiger charge is -2.36. The zero-order valence-electron chi connectivity index (χ0n) is 19.7. The lowest BCUT2D eigenvalue weighted by atomic mass is 10.0. The Morgan fingerprint density at radius 2 is 1.76 bits per heavy atom. The average molecular weight is 481 g/mol. The predicted molar refractivity (Wildman–Crippen MR) is 139 cm³/mol. The van der Waals surface area contributed by atoms with Crippen molar-refractivity contribution in [3.05, 3.63) is 48.0 Å². The summed E-state index contributed by atoms with van der Waals surface area (Å²) in [6.45, 7) is 4.97. The van der Waals surface area contributed by atoms with Gasteiger partial charge >= 0.3 is 0 Å². The molecule has 7 heteroatoms. The Bertz CT molecular complexity index is 1150. The van der Waals surface area contributed by atoms with Crippen LogP contribution >= 0.6 is 12.4 Å². The number of anilines is 1. The number of fused-ring (bicyclic) bond motifs is 1. The third kappa shape index (κ3) is 5.12. The van der Waals surface area contributed by atoms with Crippen LogP contribution in [0.15, 0.2) is 42.5 Å². The van der Waals surface area contributed by atoms with Crippen molar-refractivity contribution in [3.63, 3.8) is 0 Å². The molecule has 180 valence electrons. The van der Waals surface area contributed by atoms with Gasteiger partial charge in [0.25, 0.3) is 0 Å². The number of para-hydroxylation sites is 1. The number of rotatable bonds is 5. The minimum atomic E-state index is 0. The SMILES string of the molecule is Cc1ccc2c(N3CCN(C(=O)CCC4CCCC4)CC3)nc(-c3ccccc3O)nc2c1.Cl. The number of halogens is 1. The number of nitrogens with zero attached hydrogens (tertiary/aromatic N) is 4. The van der Waals surface area contributed by atoms with Gasteiger partial charge in [-0.3, -0.25) is 4.79 Å². The van der Waals surface area contributed by atoms with Crippen LogP contribution in [0.2, 0.25) is 0 Å². The predicted octanol–water partition coefficient (Wildman–Crippen LogP) is 5.35. The van der Waals surface area contributed by atoms with Gasteiger partial charge in [0, 0.05) is 38.0 Å². The maximum atomic E-state index is 12.8. The first-order valence-electron chi connectivity index (χ1n) is 12.2. The highest BCUT2D eigenvalue weighted by Crippen LogP contribution is 2.33. The molecule has 6 nitrogen and oxygen atoms in total. The van der Waals surface area contributed by atoms with Crippen molar-refractivity contribution in [2.75, 3.05) is 31.1 Å². The maximum Gasteiger partial charge on any atom is 0.222 e. The molecule has 2 heterocycles. The summed E-state index contributed by atoms with van der Waals surface area (Å²) in [5.41, 5.74) is 2.63. The Hall–Kier alpha value is -2.86. The van der Waals surface area contributed by atoms with Crippen molar-refractivity contribution in [3.8, 4) is 17.1 Å². The zero-order chi connectivity index (χ0) is 22.8. The van der Waals surface area contributed by atoms with Crippen LogP contribution in [-0.4, -0.2) is 52.1 Å². The van der Waals surface area contributed by atoms with Gasteiger partial charge < -0.3 is 14.9 Å². The fraction of sp³-hybridized carbons (Fsp3) is 0.444. The van der Waals surface area contributed by atoms with Crippen LogP contribution in [0.3, 0.4) is 0 Å². The Balaban J connectivity index is 0.00000274. The summed E-state index contributed by atoms with van der Waals surface area (Å²) in [4.78, 5) is 26.7. The Morgan fingerprint density at radius 3 is 2.50 bits per heavy atom. The number of phenolic OH excluding ortho intramolecular Hbond substituents is 1. The van der Waals surface area contributed by atoms with Crippen molar-refractivity contribution in [2.24, 2.45) is 5.92 Å². The van der Waals surface area contributed by atoms with E-state index in [0.29, 0.717) is 36.8 Å². The molecule has 2 fully saturated rings. The van der Waals surface area contributed by atoms with Gasteiger partial charge in [-0.05, 0) is 49.1 Å². The molecule has 1 aliphatic heterocycles. The van der Waals surface area contributed by atoms with Crippen LogP contribution in [0.4, 0.5) is 5.82 Å². The van der Waals surface area contributed by atoms with E-state index in [1.165, 1.54) is 25.7 Å². The van der Waals surface area contributed by atoms with E-state index < -0.39 is 0 Å². The number of aromatic nitrogens is 2. The van der Waals surface area contributed by atoms with E-state index in [4.69, 9.17) is 9.97 Å². The number of carbonyl (C=O) groups is 1. The molecule has 1 saturated carbocycles. The molecule has 2 aromatic carbocycles. The van der Waals surface area contributed by atoms with Gasteiger partial charge in [-0.25, -0.2) is 9.97 Å². The molecule has 34 heavy (non-hydrogen) atoms. The van der Waals surface area contributed by atoms with E-state index >= 15 is 0 Å². The molecule has 1 amide bonds. The van der Waals surface area contributed by atoms with E-state index in [-0.39, 0.29) is 18.2 Å². The first kappa shape index (κ1) is 24.3. The van der Waals surface area contributed by atoms with Gasteiger partial charge in [0.05, 0.1) is 11.1 Å². The number of amides is 1. The number of carbonyl (C=O) groups excluding carboxylic acids is 1. The summed E-state index contributed by atoms with van der Waals surface area (Å²) in [7, 11) is 0. The molecular weight excluding hydrogens is 448 g/mol. The van der Waals surface area contributed by atoms with E-state index in [1.54, 1.807) is 12.1 Å². The molecule has 3 aromatic rings. The zero-order valence-corrected chi connectivity index (χ0v) is 20.6. The van der Waals surface area contributed by atoms with Crippen LogP contribution < -0.4 is 4.90 Å². The van der Waals surface area contributed by atoms with Crippen LogP contribution in [-0.2, 0) is 4.79 Å². The second-order valence-corrected chi connectivity index (χ2v) is 9.47. The summed E-state index contributed by atoms with van der Waals surface area (Å²) in [5.74, 6) is 2.61. The van der Waals surface area contributed by atoms with Gasteiger partial charge in [-0.1, -0.05) is 43.9 Å². The molecule has 5 rings (SSSR count). The minimum absolute atomic E-state index is 0. The molecule has 0 atom stereocenters. The molecule has 0 spiro atoms. The normalized spacial score (nSPS) is 16.6. The van der Waals surface area contributed by atoms with Crippen molar-refractivity contribution in [1.29, 1.82) is 0 Å². The molecule has 1 saturated heterocycles. The molecule has 1 aliphatic carbocycles. The largest absolute Gasteiger partial charge is 0.507 e. The third-order valence-corrected chi connectivity index (χ3v) is 7.15. The van der Waals surface area contributed by atoms with E-state index in [0.717, 1.165) is 47.7 Å². The summed E-state index contributed by atoms with van der Waals surface area (Å²) < 4.78 is 0. The first-order valence-corrected chi connectivity index (χ1v) is 12.2. The van der Waals surface area contributed by atoms with Gasteiger partial charge in [0.1, 0.15) is 11.6 Å². The topological polar surface area (TPSA) is 69.6 Å². The molecule has 0 radical (unpaired) electrons. The fourth-order valence-corrected chi connectivity index (χ4v) is 5.20. The number of benzene rings is 2. The van der Waals surface area contributed by atoms with E-state index in [2.05, 4.69) is 30.0 Å². The standard InChI is InChI=1S/C27H32N4O2.ClH/c1-19-10-12-21-23(18-19)28-26(22-8-4-5-9-24(22)32)29-27(21)31-16-14-30(15-17-31)25(33)13-11-20-6-2-3-7-20;/h4-5,8-10,12,18,20,32H,2-3,6-7,11,13-17H2,1H3;1H. The number of phenols is 1. The van der Waals surface area contributed by atoms with Crippen molar-refractivity contribution < 1.29 is 9.90 Å². The van der Waals surface area contributed by atoms with Crippen LogP contribution in [0.1, 0.15) is 44.1 Å². The van der Waals surface area contributed by atoms with Crippen molar-refractivity contribution >= 4 is 35.0 Å². The number of hydrogen-bond acceptors (Lipinski definition) is 5. The fourth-order valence-electron chi connectivity index (χ4n) is 5.20. The summed E-state index contributed by atoms with van der Waals surface area (Å²) >= 11 is 0. The maximum absolute atomic E-state index is 12.8. The Morgan fingerprint density at radius 1 is 1.03 bits per heavy atom. The molecule has 0 bridgehead atoms. The molecule has 2 aliphatic rings. The minimum Gasteiger partial charge on any atom is -0.507 e. The van der Waals surface area contributed by atoms with Crippen molar-refractivity contribution in [1.82, 2.24) is 14.9 Å². The summed E-state index contributed by atoms with van der Waals surface area (Å²) in [6, 6.07) is 13.4. The third-order valence-electron chi connectivity index (χ3n) is 7.15. The number of piperazine rings is 1. The van der Waals surface area contributed by atoms with Crippen LogP contribution in [0.25, 0.3) is 22.3 Å². The first-order chi connectivity index (χ1) is 16.1. The van der Waals surface area contributed by atoms with E-state index in [9.17, 15) is 9.90 Å².